The van der Waals surface area contributed by atoms with E-state index in [4.69, 9.17) is 10.5 Å². The lowest BCUT2D eigenvalue weighted by molar-refractivity contribution is 0.0345. The van der Waals surface area contributed by atoms with Gasteiger partial charge in [0.05, 0.1) is 0 Å². The van der Waals surface area contributed by atoms with E-state index < -0.39 is 5.60 Å². The highest BCUT2D eigenvalue weighted by atomic mass is 16.6. The van der Waals surface area contributed by atoms with E-state index in [0.29, 0.717) is 13.1 Å². The molecule has 0 unspecified atom stereocenters. The second-order valence-corrected chi connectivity index (χ2v) is 4.45. The van der Waals surface area contributed by atoms with Crippen LogP contribution < -0.4 is 5.73 Å². The van der Waals surface area contributed by atoms with Crippen LogP contribution in [0.2, 0.25) is 0 Å². The van der Waals surface area contributed by atoms with Crippen molar-refractivity contribution in [3.8, 4) is 0 Å². The summed E-state index contributed by atoms with van der Waals surface area (Å²) in [5, 5.41) is 0. The number of likely N-dealkylation sites (tertiary alicyclic amines) is 1. The molecular formula is C10H19N2O2+. The van der Waals surface area contributed by atoms with Crippen LogP contribution in [0.3, 0.4) is 0 Å². The number of carbonyl (C=O) groups is 1. The average Bonchev–Trinajstić information content (AvgIpc) is 2.02. The van der Waals surface area contributed by atoms with Crippen molar-refractivity contribution in [2.24, 2.45) is 5.73 Å². The Kier molecular flexibility index (Phi) is 3.26. The molecule has 80 valence electrons. The van der Waals surface area contributed by atoms with Crippen LogP contribution in [0.15, 0.2) is 0 Å². The van der Waals surface area contributed by atoms with Crippen molar-refractivity contribution in [1.82, 2.24) is 4.90 Å². The fraction of sp³-hybridized carbons (Fsp3) is 0.800. The maximum absolute atomic E-state index is 11.5. The molecule has 4 heteroatoms. The smallest absolute Gasteiger partial charge is 0.403 e. The zero-order valence-electron chi connectivity index (χ0n) is 8.95. The van der Waals surface area contributed by atoms with Gasteiger partial charge < -0.3 is 15.4 Å². The van der Waals surface area contributed by atoms with Crippen LogP contribution in [-0.2, 0) is 4.74 Å². The number of rotatable bonds is 1. The summed E-state index contributed by atoms with van der Waals surface area (Å²) in [6.07, 6.45) is 1.43. The first kappa shape index (κ1) is 11.2. The van der Waals surface area contributed by atoms with Gasteiger partial charge in [0.1, 0.15) is 6.92 Å². The number of hydrogen-bond acceptors (Lipinski definition) is 3. The van der Waals surface area contributed by atoms with Crippen LogP contribution in [0.25, 0.3) is 0 Å². The number of amides is 1. The Morgan fingerprint density at radius 1 is 1.50 bits per heavy atom. The summed E-state index contributed by atoms with van der Waals surface area (Å²) >= 11 is 0. The largest absolute Gasteiger partial charge is 0.413 e. The quantitative estimate of drug-likeness (QED) is 0.645. The average molecular weight is 199 g/mol. The van der Waals surface area contributed by atoms with E-state index in [9.17, 15) is 4.79 Å². The molecule has 0 bridgehead atoms. The van der Waals surface area contributed by atoms with Gasteiger partial charge in [0.2, 0.25) is 5.60 Å². The molecule has 1 aliphatic heterocycles. The minimum absolute atomic E-state index is 0.229. The fourth-order valence-corrected chi connectivity index (χ4v) is 1.38. The van der Waals surface area contributed by atoms with Crippen LogP contribution in [-0.4, -0.2) is 35.7 Å². The molecular weight excluding hydrogens is 180 g/mol. The first-order valence-electron chi connectivity index (χ1n) is 4.97. The molecule has 0 aromatic carbocycles. The van der Waals surface area contributed by atoms with Gasteiger partial charge in [-0.05, 0) is 12.8 Å². The first-order chi connectivity index (χ1) is 6.38. The minimum Gasteiger partial charge on any atom is -0.403 e. The van der Waals surface area contributed by atoms with Gasteiger partial charge in [-0.1, -0.05) is 0 Å². The third-order valence-corrected chi connectivity index (χ3v) is 2.16. The molecule has 0 aromatic heterocycles. The van der Waals surface area contributed by atoms with Crippen LogP contribution in [0.5, 0.6) is 0 Å². The fourth-order valence-electron chi connectivity index (χ4n) is 1.38. The second-order valence-electron chi connectivity index (χ2n) is 4.45. The van der Waals surface area contributed by atoms with Crippen molar-refractivity contribution < 1.29 is 9.53 Å². The SMILES string of the molecule is [CH2+]C(C)(C)OC(=O)N1CCC(N)CC1. The maximum Gasteiger partial charge on any atom is 0.413 e. The van der Waals surface area contributed by atoms with Crippen molar-refractivity contribution >= 4 is 6.09 Å². The van der Waals surface area contributed by atoms with Gasteiger partial charge in [0, 0.05) is 33.0 Å². The highest BCUT2D eigenvalue weighted by molar-refractivity contribution is 5.68. The lowest BCUT2D eigenvalue weighted by Crippen LogP contribution is -2.44. The van der Waals surface area contributed by atoms with E-state index in [1.807, 2.05) is 0 Å². The number of ether oxygens (including phenoxy) is 1. The molecule has 1 heterocycles. The van der Waals surface area contributed by atoms with Gasteiger partial charge in [-0.3, -0.25) is 0 Å². The van der Waals surface area contributed by atoms with Crippen LogP contribution in [0.1, 0.15) is 26.7 Å². The van der Waals surface area contributed by atoms with Gasteiger partial charge in [-0.15, -0.1) is 0 Å². The molecule has 1 aliphatic rings. The summed E-state index contributed by atoms with van der Waals surface area (Å²) in [6.45, 7) is 8.64. The van der Waals surface area contributed by atoms with E-state index in [-0.39, 0.29) is 12.1 Å². The molecule has 1 fully saturated rings. The molecule has 1 saturated heterocycles. The Balaban J connectivity index is 2.38. The Morgan fingerprint density at radius 3 is 2.43 bits per heavy atom. The van der Waals surface area contributed by atoms with Crippen LogP contribution in [0, 0.1) is 6.92 Å². The Morgan fingerprint density at radius 2 is 2.00 bits per heavy atom. The Hall–Kier alpha value is -0.900. The maximum atomic E-state index is 11.5. The predicted octanol–water partition coefficient (Wildman–Crippen LogP) is 1.16. The highest BCUT2D eigenvalue weighted by Crippen LogP contribution is 2.13. The van der Waals surface area contributed by atoms with E-state index in [0.717, 1.165) is 12.8 Å². The summed E-state index contributed by atoms with van der Waals surface area (Å²) < 4.78 is 5.15. The van der Waals surface area contributed by atoms with Gasteiger partial charge in [0.15, 0.2) is 0 Å². The van der Waals surface area contributed by atoms with Crippen LogP contribution >= 0.6 is 0 Å². The second kappa shape index (κ2) is 4.09. The number of carbonyl (C=O) groups excluding carboxylic acids is 1. The summed E-state index contributed by atoms with van der Waals surface area (Å²) in [4.78, 5) is 13.2. The monoisotopic (exact) mass is 199 g/mol. The lowest BCUT2D eigenvalue weighted by atomic mass is 10.1. The van der Waals surface area contributed by atoms with Crippen molar-refractivity contribution in [3.63, 3.8) is 0 Å². The van der Waals surface area contributed by atoms with Crippen molar-refractivity contribution in [3.05, 3.63) is 6.92 Å². The molecule has 1 amide bonds. The number of nitrogens with two attached hydrogens (primary N) is 1. The van der Waals surface area contributed by atoms with E-state index >= 15 is 0 Å². The molecule has 1 rings (SSSR count). The Bertz CT molecular complexity index is 203. The van der Waals surface area contributed by atoms with Gasteiger partial charge in [-0.25, -0.2) is 4.79 Å². The third kappa shape index (κ3) is 3.46. The molecule has 0 aliphatic carbocycles. The van der Waals surface area contributed by atoms with E-state index in [2.05, 4.69) is 6.92 Å². The van der Waals surface area contributed by atoms with Gasteiger partial charge in [0.25, 0.3) is 0 Å². The highest BCUT2D eigenvalue weighted by Gasteiger charge is 2.28. The van der Waals surface area contributed by atoms with Crippen molar-refractivity contribution in [1.29, 1.82) is 0 Å². The van der Waals surface area contributed by atoms with Crippen LogP contribution in [0.4, 0.5) is 4.79 Å². The normalized spacial score (nSPS) is 19.5. The molecule has 0 saturated carbocycles. The zero-order chi connectivity index (χ0) is 10.8. The number of hydrogen-bond donors (Lipinski definition) is 1. The summed E-state index contributed by atoms with van der Waals surface area (Å²) in [7, 11) is 0. The van der Waals surface area contributed by atoms with Crippen molar-refractivity contribution in [2.45, 2.75) is 38.3 Å². The molecule has 0 aromatic rings. The van der Waals surface area contributed by atoms with E-state index in [1.165, 1.54) is 0 Å². The lowest BCUT2D eigenvalue weighted by Gasteiger charge is -2.30. The van der Waals surface area contributed by atoms with Gasteiger partial charge in [-0.2, -0.15) is 0 Å². The van der Waals surface area contributed by atoms with Gasteiger partial charge >= 0.3 is 6.09 Å². The summed E-state index contributed by atoms with van der Waals surface area (Å²) in [5.41, 5.74) is 5.08. The number of piperidine rings is 1. The summed E-state index contributed by atoms with van der Waals surface area (Å²) in [6, 6.07) is 0.229. The number of nitrogens with zero attached hydrogens (tertiary/aromatic N) is 1. The molecule has 14 heavy (non-hydrogen) atoms. The zero-order valence-corrected chi connectivity index (χ0v) is 8.95. The molecule has 0 atom stereocenters. The third-order valence-electron chi connectivity index (χ3n) is 2.16. The standard InChI is InChI=1S/C10H19N2O2/c1-10(2,3)14-9(13)12-6-4-8(11)5-7-12/h8H,1,4-7,11H2,2-3H3/q+1. The summed E-state index contributed by atoms with van der Waals surface area (Å²) in [5.74, 6) is 0. The molecule has 2 N–H and O–H groups in total. The molecule has 0 spiro atoms. The van der Waals surface area contributed by atoms with E-state index in [1.54, 1.807) is 18.7 Å². The van der Waals surface area contributed by atoms with Crippen molar-refractivity contribution in [2.75, 3.05) is 13.1 Å². The Labute approximate surface area is 85.4 Å². The topological polar surface area (TPSA) is 55.6 Å². The molecule has 4 nitrogen and oxygen atoms in total. The predicted molar refractivity (Wildman–Crippen MR) is 54.7 cm³/mol. The first-order valence-corrected chi connectivity index (χ1v) is 4.97. The minimum atomic E-state index is -0.656. The molecule has 0 radical (unpaired) electrons.